The summed E-state index contributed by atoms with van der Waals surface area (Å²) < 4.78 is 30.1. The lowest BCUT2D eigenvalue weighted by Gasteiger charge is -2.16. The molecule has 0 saturated heterocycles. The molecular weight excluding hydrogens is 268 g/mol. The minimum atomic E-state index is -3.52. The van der Waals surface area contributed by atoms with Gasteiger partial charge in [0, 0.05) is 12.4 Å². The van der Waals surface area contributed by atoms with Crippen molar-refractivity contribution in [1.82, 2.24) is 0 Å². The van der Waals surface area contributed by atoms with E-state index in [1.807, 2.05) is 0 Å². The predicted octanol–water partition coefficient (Wildman–Crippen LogP) is 1.32. The van der Waals surface area contributed by atoms with Gasteiger partial charge in [0.15, 0.2) is 0 Å². The normalized spacial score (nSPS) is 11.7. The minimum absolute atomic E-state index is 0.0458. The second-order valence-electron chi connectivity index (χ2n) is 4.01. The van der Waals surface area contributed by atoms with Crippen molar-refractivity contribution in [3.05, 3.63) is 29.8 Å². The van der Waals surface area contributed by atoms with Crippen molar-refractivity contribution in [2.45, 2.75) is 6.92 Å². The number of carbonyl (C=O) groups is 1. The summed E-state index contributed by atoms with van der Waals surface area (Å²) in [4.78, 5) is 11.6. The molecule has 1 aromatic heterocycles. The van der Waals surface area contributed by atoms with E-state index in [2.05, 4.69) is 0 Å². The standard InChI is InChI=1S/C12H14N2O4S/c1-3-19(16,17)14(2)12-10(11(13)15)8-6-4-5-7-9(8)18-12/h4-7H,3H2,1-2H3,(H2,13,15). The molecule has 2 rings (SSSR count). The molecule has 7 heteroatoms. The van der Waals surface area contributed by atoms with Crippen LogP contribution in [0.2, 0.25) is 0 Å². The molecule has 102 valence electrons. The number of carbonyl (C=O) groups excluding carboxylic acids is 1. The van der Waals surface area contributed by atoms with E-state index < -0.39 is 15.9 Å². The molecule has 1 amide bonds. The third kappa shape index (κ3) is 2.17. The van der Waals surface area contributed by atoms with Crippen molar-refractivity contribution in [2.24, 2.45) is 5.73 Å². The summed E-state index contributed by atoms with van der Waals surface area (Å²) in [5.74, 6) is -0.868. The van der Waals surface area contributed by atoms with Crippen molar-refractivity contribution in [3.8, 4) is 0 Å². The quantitative estimate of drug-likeness (QED) is 0.915. The van der Waals surface area contributed by atoms with Crippen molar-refractivity contribution in [1.29, 1.82) is 0 Å². The second kappa shape index (κ2) is 4.58. The number of hydrogen-bond donors (Lipinski definition) is 1. The number of nitrogens with two attached hydrogens (primary N) is 1. The van der Waals surface area contributed by atoms with Gasteiger partial charge in [-0.1, -0.05) is 18.2 Å². The monoisotopic (exact) mass is 282 g/mol. The van der Waals surface area contributed by atoms with Crippen molar-refractivity contribution >= 4 is 32.8 Å². The molecule has 2 aromatic rings. The minimum Gasteiger partial charge on any atom is -0.439 e. The fourth-order valence-corrected chi connectivity index (χ4v) is 2.58. The SMILES string of the molecule is CCS(=O)(=O)N(C)c1oc2ccccc2c1C(N)=O. The molecule has 0 spiro atoms. The van der Waals surface area contributed by atoms with Gasteiger partial charge in [0.25, 0.3) is 5.91 Å². The van der Waals surface area contributed by atoms with Gasteiger partial charge in [-0.05, 0) is 13.0 Å². The maximum Gasteiger partial charge on any atom is 0.254 e. The smallest absolute Gasteiger partial charge is 0.254 e. The molecule has 0 aliphatic carbocycles. The fourth-order valence-electron chi connectivity index (χ4n) is 1.81. The number of para-hydroxylation sites is 1. The molecule has 0 saturated carbocycles. The maximum atomic E-state index is 11.9. The van der Waals surface area contributed by atoms with Gasteiger partial charge in [0.05, 0.1) is 5.75 Å². The van der Waals surface area contributed by atoms with Crippen LogP contribution in [-0.2, 0) is 10.0 Å². The summed E-state index contributed by atoms with van der Waals surface area (Å²) in [6.07, 6.45) is 0. The van der Waals surface area contributed by atoms with E-state index >= 15 is 0 Å². The Kier molecular flexibility index (Phi) is 3.23. The van der Waals surface area contributed by atoms with Crippen LogP contribution in [0.25, 0.3) is 11.0 Å². The number of furan rings is 1. The highest BCUT2D eigenvalue weighted by Gasteiger charge is 2.27. The molecule has 0 radical (unpaired) electrons. The first-order valence-corrected chi connectivity index (χ1v) is 7.27. The van der Waals surface area contributed by atoms with E-state index in [1.54, 1.807) is 24.3 Å². The zero-order chi connectivity index (χ0) is 14.2. The van der Waals surface area contributed by atoms with Crippen LogP contribution in [0.3, 0.4) is 0 Å². The molecule has 1 aromatic carbocycles. The molecule has 0 aliphatic rings. The largest absolute Gasteiger partial charge is 0.439 e. The van der Waals surface area contributed by atoms with Crippen LogP contribution >= 0.6 is 0 Å². The lowest BCUT2D eigenvalue weighted by molar-refractivity contribution is 0.100. The number of anilines is 1. The molecular formula is C12H14N2O4S. The number of sulfonamides is 1. The summed E-state index contributed by atoms with van der Waals surface area (Å²) in [5.41, 5.74) is 5.83. The molecule has 0 unspecified atom stereocenters. The Balaban J connectivity index is 2.73. The summed E-state index contributed by atoms with van der Waals surface area (Å²) in [5, 5.41) is 0.503. The van der Waals surface area contributed by atoms with E-state index in [1.165, 1.54) is 14.0 Å². The Morgan fingerprint density at radius 2 is 2.00 bits per heavy atom. The number of hydrogen-bond acceptors (Lipinski definition) is 4. The average Bonchev–Trinajstić information content (AvgIpc) is 2.76. The third-order valence-electron chi connectivity index (χ3n) is 2.89. The fraction of sp³-hybridized carbons (Fsp3) is 0.250. The topological polar surface area (TPSA) is 93.6 Å². The highest BCUT2D eigenvalue weighted by atomic mass is 32.2. The van der Waals surface area contributed by atoms with Crippen molar-refractivity contribution < 1.29 is 17.6 Å². The lowest BCUT2D eigenvalue weighted by Crippen LogP contribution is -2.29. The van der Waals surface area contributed by atoms with Crippen molar-refractivity contribution in [3.63, 3.8) is 0 Å². The highest BCUT2D eigenvalue weighted by molar-refractivity contribution is 7.92. The first-order chi connectivity index (χ1) is 8.88. The Morgan fingerprint density at radius 3 is 2.58 bits per heavy atom. The van der Waals surface area contributed by atoms with Gasteiger partial charge >= 0.3 is 0 Å². The molecule has 0 bridgehead atoms. The van der Waals surface area contributed by atoms with Crippen LogP contribution in [-0.4, -0.2) is 27.1 Å². The van der Waals surface area contributed by atoms with Gasteiger partial charge in [-0.3, -0.25) is 4.79 Å². The van der Waals surface area contributed by atoms with Gasteiger partial charge in [-0.15, -0.1) is 0 Å². The van der Waals surface area contributed by atoms with Crippen LogP contribution in [0.4, 0.5) is 5.88 Å². The zero-order valence-corrected chi connectivity index (χ0v) is 11.4. The number of rotatable bonds is 4. The number of nitrogens with zero attached hydrogens (tertiary/aromatic N) is 1. The first kappa shape index (κ1) is 13.4. The second-order valence-corrected chi connectivity index (χ2v) is 6.30. The van der Waals surface area contributed by atoms with E-state index in [-0.39, 0.29) is 17.2 Å². The molecule has 0 atom stereocenters. The molecule has 0 fully saturated rings. The number of primary amides is 1. The summed E-state index contributed by atoms with van der Waals surface area (Å²) in [6.45, 7) is 1.51. The van der Waals surface area contributed by atoms with Crippen LogP contribution in [0.1, 0.15) is 17.3 Å². The van der Waals surface area contributed by atoms with Gasteiger partial charge < -0.3 is 10.2 Å². The highest BCUT2D eigenvalue weighted by Crippen LogP contribution is 2.32. The zero-order valence-electron chi connectivity index (χ0n) is 10.6. The Bertz CT molecular complexity index is 733. The average molecular weight is 282 g/mol. The molecule has 1 heterocycles. The third-order valence-corrected chi connectivity index (χ3v) is 4.62. The van der Waals surface area contributed by atoms with Crippen LogP contribution in [0, 0.1) is 0 Å². The Labute approximate surface area is 110 Å². The van der Waals surface area contributed by atoms with Crippen LogP contribution < -0.4 is 10.0 Å². The molecule has 6 nitrogen and oxygen atoms in total. The van der Waals surface area contributed by atoms with Gasteiger partial charge in [0.1, 0.15) is 11.1 Å². The van der Waals surface area contributed by atoms with E-state index in [4.69, 9.17) is 10.2 Å². The predicted molar refractivity (Wildman–Crippen MR) is 72.6 cm³/mol. The number of amides is 1. The van der Waals surface area contributed by atoms with E-state index in [9.17, 15) is 13.2 Å². The van der Waals surface area contributed by atoms with E-state index in [0.29, 0.717) is 11.0 Å². The van der Waals surface area contributed by atoms with Crippen LogP contribution in [0.5, 0.6) is 0 Å². The molecule has 2 N–H and O–H groups in total. The van der Waals surface area contributed by atoms with Crippen molar-refractivity contribution in [2.75, 3.05) is 17.1 Å². The van der Waals surface area contributed by atoms with Gasteiger partial charge in [0.2, 0.25) is 15.9 Å². The van der Waals surface area contributed by atoms with Gasteiger partial charge in [-0.2, -0.15) is 0 Å². The summed E-state index contributed by atoms with van der Waals surface area (Å²) >= 11 is 0. The molecule has 0 aliphatic heterocycles. The summed E-state index contributed by atoms with van der Waals surface area (Å²) in [7, 11) is -2.19. The maximum absolute atomic E-state index is 11.9. The Morgan fingerprint density at radius 1 is 1.37 bits per heavy atom. The van der Waals surface area contributed by atoms with Gasteiger partial charge in [-0.25, -0.2) is 12.7 Å². The first-order valence-electron chi connectivity index (χ1n) is 5.66. The number of fused-ring (bicyclic) bond motifs is 1. The lowest BCUT2D eigenvalue weighted by atomic mass is 10.1. The Hall–Kier alpha value is -2.02. The van der Waals surface area contributed by atoms with E-state index in [0.717, 1.165) is 4.31 Å². The summed E-state index contributed by atoms with van der Waals surface area (Å²) in [6, 6.07) is 6.77. The molecule has 19 heavy (non-hydrogen) atoms. The van der Waals surface area contributed by atoms with Crippen LogP contribution in [0.15, 0.2) is 28.7 Å². The number of benzene rings is 1.